The van der Waals surface area contributed by atoms with Crippen LogP contribution in [-0.2, 0) is 9.53 Å². The third-order valence-electron chi connectivity index (χ3n) is 4.90. The molecule has 1 aliphatic carbocycles. The first-order valence-corrected chi connectivity index (χ1v) is 7.88. The predicted octanol–water partition coefficient (Wildman–Crippen LogP) is 1.79. The van der Waals surface area contributed by atoms with Crippen LogP contribution < -0.4 is 0 Å². The molecule has 0 bridgehead atoms. The van der Waals surface area contributed by atoms with Crippen LogP contribution in [0.1, 0.15) is 39.0 Å². The van der Waals surface area contributed by atoms with E-state index in [1.807, 2.05) is 0 Å². The van der Waals surface area contributed by atoms with Gasteiger partial charge in [0.25, 0.3) is 0 Å². The fourth-order valence-electron chi connectivity index (χ4n) is 3.34. The number of carboxylic acids is 1. The minimum atomic E-state index is -0.994. The number of hydrogen-bond acceptors (Lipinski definition) is 3. The van der Waals surface area contributed by atoms with Gasteiger partial charge >= 0.3 is 12.0 Å². The molecule has 0 aromatic carbocycles. The Morgan fingerprint density at radius 1 is 1.29 bits per heavy atom. The van der Waals surface area contributed by atoms with E-state index in [2.05, 4.69) is 6.92 Å². The summed E-state index contributed by atoms with van der Waals surface area (Å²) in [4.78, 5) is 27.0. The number of carbonyl (C=O) groups is 2. The van der Waals surface area contributed by atoms with Gasteiger partial charge in [0, 0.05) is 19.6 Å². The highest BCUT2D eigenvalue weighted by Crippen LogP contribution is 2.29. The van der Waals surface area contributed by atoms with E-state index in [4.69, 9.17) is 4.74 Å². The van der Waals surface area contributed by atoms with Crippen molar-refractivity contribution in [2.24, 2.45) is 5.92 Å². The van der Waals surface area contributed by atoms with E-state index in [0.29, 0.717) is 13.2 Å². The van der Waals surface area contributed by atoms with Gasteiger partial charge in [-0.1, -0.05) is 13.3 Å². The number of hydrogen-bond donors (Lipinski definition) is 1. The highest BCUT2D eigenvalue weighted by atomic mass is 16.5. The summed E-state index contributed by atoms with van der Waals surface area (Å²) in [5.74, 6) is -0.217. The number of nitrogens with zero attached hydrogens (tertiary/aromatic N) is 2. The van der Waals surface area contributed by atoms with Crippen molar-refractivity contribution >= 4 is 12.0 Å². The van der Waals surface area contributed by atoms with Gasteiger partial charge in [0.15, 0.2) is 6.04 Å². The Morgan fingerprint density at radius 2 is 1.95 bits per heavy atom. The summed E-state index contributed by atoms with van der Waals surface area (Å²) in [6.07, 6.45) is 5.55. The zero-order valence-electron chi connectivity index (χ0n) is 13.0. The Kier molecular flexibility index (Phi) is 5.45. The molecule has 1 atom stereocenters. The zero-order chi connectivity index (χ0) is 15.4. The normalized spacial score (nSPS) is 30.0. The summed E-state index contributed by atoms with van der Waals surface area (Å²) in [5.41, 5.74) is 0. The van der Waals surface area contributed by atoms with E-state index in [1.54, 1.807) is 11.9 Å². The van der Waals surface area contributed by atoms with Crippen molar-refractivity contribution in [3.63, 3.8) is 0 Å². The van der Waals surface area contributed by atoms with Crippen LogP contribution in [0.4, 0.5) is 4.79 Å². The van der Waals surface area contributed by atoms with Crippen LogP contribution in [0.3, 0.4) is 0 Å². The molecule has 21 heavy (non-hydrogen) atoms. The average Bonchev–Trinajstić information content (AvgIpc) is 2.53. The van der Waals surface area contributed by atoms with E-state index in [-0.39, 0.29) is 18.7 Å². The topological polar surface area (TPSA) is 70.1 Å². The lowest BCUT2D eigenvalue weighted by Crippen LogP contribution is -2.57. The van der Waals surface area contributed by atoms with Crippen molar-refractivity contribution in [3.05, 3.63) is 0 Å². The molecule has 2 rings (SSSR count). The number of urea groups is 1. The predicted molar refractivity (Wildman–Crippen MR) is 78.1 cm³/mol. The van der Waals surface area contributed by atoms with Gasteiger partial charge in [-0.25, -0.2) is 9.59 Å². The second-order valence-electron chi connectivity index (χ2n) is 6.10. The summed E-state index contributed by atoms with van der Waals surface area (Å²) >= 11 is 0. The fourth-order valence-corrected chi connectivity index (χ4v) is 3.34. The van der Waals surface area contributed by atoms with Crippen LogP contribution >= 0.6 is 0 Å². The van der Waals surface area contributed by atoms with Crippen LogP contribution in [0.2, 0.25) is 0 Å². The Balaban J connectivity index is 1.96. The second kappa shape index (κ2) is 7.11. The highest BCUT2D eigenvalue weighted by molar-refractivity contribution is 5.83. The number of aliphatic carboxylic acids is 1. The summed E-state index contributed by atoms with van der Waals surface area (Å²) < 4.78 is 5.18. The monoisotopic (exact) mass is 298 g/mol. The number of carbonyl (C=O) groups excluding carboxylic acids is 1. The average molecular weight is 298 g/mol. The molecule has 1 saturated heterocycles. The summed E-state index contributed by atoms with van der Waals surface area (Å²) in [5, 5.41) is 9.22. The molecule has 0 aromatic rings. The second-order valence-corrected chi connectivity index (χ2v) is 6.10. The third-order valence-corrected chi connectivity index (χ3v) is 4.90. The maximum atomic E-state index is 12.6. The van der Waals surface area contributed by atoms with Crippen LogP contribution in [0.15, 0.2) is 0 Å². The first kappa shape index (κ1) is 16.1. The molecule has 2 amide bonds. The van der Waals surface area contributed by atoms with Crippen molar-refractivity contribution in [1.82, 2.24) is 9.80 Å². The van der Waals surface area contributed by atoms with E-state index in [0.717, 1.165) is 31.6 Å². The minimum Gasteiger partial charge on any atom is -0.480 e. The molecule has 2 aliphatic rings. The van der Waals surface area contributed by atoms with Gasteiger partial charge in [-0.2, -0.15) is 0 Å². The Morgan fingerprint density at radius 3 is 2.52 bits per heavy atom. The maximum absolute atomic E-state index is 12.6. The molecule has 1 saturated carbocycles. The fraction of sp³-hybridized carbons (Fsp3) is 0.867. The Bertz CT molecular complexity index is 380. The van der Waals surface area contributed by atoms with E-state index >= 15 is 0 Å². The number of rotatable bonds is 3. The molecular weight excluding hydrogens is 272 g/mol. The third kappa shape index (κ3) is 3.67. The van der Waals surface area contributed by atoms with Gasteiger partial charge in [0.1, 0.15) is 0 Å². The zero-order valence-corrected chi connectivity index (χ0v) is 13.0. The molecule has 1 aliphatic heterocycles. The van der Waals surface area contributed by atoms with Gasteiger partial charge in [0.05, 0.1) is 13.2 Å². The van der Waals surface area contributed by atoms with Gasteiger partial charge < -0.3 is 19.6 Å². The quantitative estimate of drug-likeness (QED) is 0.862. The van der Waals surface area contributed by atoms with Crippen LogP contribution in [0.5, 0.6) is 0 Å². The summed E-state index contributed by atoms with van der Waals surface area (Å²) in [6, 6.07) is -0.802. The van der Waals surface area contributed by atoms with E-state index < -0.39 is 12.0 Å². The smallest absolute Gasteiger partial charge is 0.328 e. The highest BCUT2D eigenvalue weighted by Gasteiger charge is 2.36. The van der Waals surface area contributed by atoms with Gasteiger partial charge in [-0.3, -0.25) is 0 Å². The Hall–Kier alpha value is -1.30. The van der Waals surface area contributed by atoms with E-state index in [1.165, 1.54) is 11.3 Å². The molecule has 1 unspecified atom stereocenters. The molecule has 1 N–H and O–H groups in total. The van der Waals surface area contributed by atoms with Crippen molar-refractivity contribution in [3.8, 4) is 0 Å². The lowest BCUT2D eigenvalue weighted by Gasteiger charge is -2.40. The molecular formula is C15H26N2O4. The lowest BCUT2D eigenvalue weighted by atomic mass is 9.84. The van der Waals surface area contributed by atoms with E-state index in [9.17, 15) is 14.7 Å². The first-order chi connectivity index (χ1) is 10.0. The van der Waals surface area contributed by atoms with Crippen LogP contribution in [-0.4, -0.2) is 65.8 Å². The molecule has 120 valence electrons. The van der Waals surface area contributed by atoms with Crippen LogP contribution in [0.25, 0.3) is 0 Å². The van der Waals surface area contributed by atoms with Crippen molar-refractivity contribution in [1.29, 1.82) is 0 Å². The van der Waals surface area contributed by atoms with Gasteiger partial charge in [0.2, 0.25) is 0 Å². The molecule has 6 heteroatoms. The molecule has 0 spiro atoms. The maximum Gasteiger partial charge on any atom is 0.328 e. The minimum absolute atomic E-state index is 0.0808. The van der Waals surface area contributed by atoms with Crippen molar-refractivity contribution in [2.45, 2.75) is 51.1 Å². The number of amides is 2. The van der Waals surface area contributed by atoms with Crippen LogP contribution in [0, 0.1) is 5.92 Å². The molecule has 6 nitrogen and oxygen atoms in total. The summed E-state index contributed by atoms with van der Waals surface area (Å²) in [7, 11) is 1.80. The van der Waals surface area contributed by atoms with Crippen molar-refractivity contribution < 1.29 is 19.4 Å². The lowest BCUT2D eigenvalue weighted by molar-refractivity contribution is -0.147. The number of morpholine rings is 1. The van der Waals surface area contributed by atoms with Gasteiger partial charge in [-0.05, 0) is 31.6 Å². The molecule has 1 heterocycles. The van der Waals surface area contributed by atoms with Crippen molar-refractivity contribution in [2.75, 3.05) is 26.8 Å². The van der Waals surface area contributed by atoms with Gasteiger partial charge in [-0.15, -0.1) is 0 Å². The largest absolute Gasteiger partial charge is 0.480 e. The molecule has 0 aromatic heterocycles. The SMILES string of the molecule is CCC1CCC(N(C)C(=O)N2CCOCC2C(=O)O)CC1. The number of carboxylic acid groups (broad SMARTS) is 1. The number of ether oxygens (including phenoxy) is 1. The standard InChI is InChI=1S/C15H26N2O4/c1-3-11-4-6-12(7-5-11)16(2)15(20)17-8-9-21-10-13(17)14(18)19/h11-13H,3-10H2,1-2H3,(H,18,19). The Labute approximate surface area is 126 Å². The molecule has 2 fully saturated rings. The summed E-state index contributed by atoms with van der Waals surface area (Å²) in [6.45, 7) is 3.05. The first-order valence-electron chi connectivity index (χ1n) is 7.88. The molecule has 0 radical (unpaired) electrons.